The first-order valence-corrected chi connectivity index (χ1v) is 15.3. The van der Waals surface area contributed by atoms with Crippen LogP contribution in [0.15, 0.2) is 158 Å². The van der Waals surface area contributed by atoms with Gasteiger partial charge < -0.3 is 4.90 Å². The van der Waals surface area contributed by atoms with Crippen LogP contribution in [0, 0.1) is 0 Å². The molecule has 46 heavy (non-hydrogen) atoms. The zero-order valence-electron chi connectivity index (χ0n) is 24.7. The van der Waals surface area contributed by atoms with Crippen molar-refractivity contribution < 1.29 is 0 Å². The number of hydrogen-bond acceptors (Lipinski definition) is 5. The van der Waals surface area contributed by atoms with E-state index in [1.807, 2.05) is 72.8 Å². The number of aromatic nitrogens is 5. The minimum Gasteiger partial charge on any atom is -0.306 e. The molecule has 9 rings (SSSR count). The maximum Gasteiger partial charge on any atom is 0.164 e. The SMILES string of the molecule is c1ccc(-c2nc(-c3ccccc3)nc(-c3ccc4c(c3)N(c3ccccc3)c3cccc5nc(-c6ccccc6)n-4c35)n2)cc1. The van der Waals surface area contributed by atoms with E-state index in [4.69, 9.17) is 19.9 Å². The molecular weight excluding hydrogens is 564 g/mol. The van der Waals surface area contributed by atoms with Crippen LogP contribution in [0.4, 0.5) is 17.1 Å². The standard InChI is InChI=1S/C40H26N6/c1-5-14-27(15-6-1)37-42-38(28-16-7-2-8-17-28)44-39(43-37)30-24-25-33-35(26-30)45(31-20-11-4-12-21-31)34-23-13-22-32-36(34)46(33)40(41-32)29-18-9-3-10-19-29/h1-26H. The van der Waals surface area contributed by atoms with Crippen LogP contribution in [0.5, 0.6) is 0 Å². The molecule has 1 aliphatic rings. The third-order valence-electron chi connectivity index (χ3n) is 8.36. The van der Waals surface area contributed by atoms with Crippen LogP contribution in [0.2, 0.25) is 0 Å². The number of rotatable bonds is 5. The molecule has 6 heteroatoms. The van der Waals surface area contributed by atoms with Crippen molar-refractivity contribution in [3.63, 3.8) is 0 Å². The predicted molar refractivity (Wildman–Crippen MR) is 184 cm³/mol. The first kappa shape index (κ1) is 26.0. The quantitative estimate of drug-likeness (QED) is 0.200. The normalized spacial score (nSPS) is 11.9. The van der Waals surface area contributed by atoms with Crippen LogP contribution >= 0.6 is 0 Å². The summed E-state index contributed by atoms with van der Waals surface area (Å²) >= 11 is 0. The lowest BCUT2D eigenvalue weighted by Crippen LogP contribution is -2.18. The van der Waals surface area contributed by atoms with Crippen molar-refractivity contribution >= 4 is 28.1 Å². The molecule has 0 N–H and O–H groups in total. The molecule has 0 aliphatic carbocycles. The lowest BCUT2D eigenvalue weighted by Gasteiger charge is -2.33. The second kappa shape index (κ2) is 10.6. The summed E-state index contributed by atoms with van der Waals surface area (Å²) in [5, 5.41) is 0. The van der Waals surface area contributed by atoms with E-state index in [1.165, 1.54) is 0 Å². The minimum atomic E-state index is 0.612. The van der Waals surface area contributed by atoms with Gasteiger partial charge in [-0.05, 0) is 42.5 Å². The maximum atomic E-state index is 5.16. The Morgan fingerprint density at radius 3 is 1.52 bits per heavy atom. The van der Waals surface area contributed by atoms with E-state index in [2.05, 4.69) is 94.4 Å². The van der Waals surface area contributed by atoms with Gasteiger partial charge in [-0.25, -0.2) is 19.9 Å². The van der Waals surface area contributed by atoms with Crippen molar-refractivity contribution in [2.75, 3.05) is 4.90 Å². The van der Waals surface area contributed by atoms with Gasteiger partial charge in [-0.1, -0.05) is 115 Å². The van der Waals surface area contributed by atoms with Crippen LogP contribution in [0.3, 0.4) is 0 Å². The lowest BCUT2D eigenvalue weighted by atomic mass is 10.0. The lowest BCUT2D eigenvalue weighted by molar-refractivity contribution is 1.05. The fraction of sp³-hybridized carbons (Fsp3) is 0. The molecule has 0 fully saturated rings. The van der Waals surface area contributed by atoms with Gasteiger partial charge in [0.2, 0.25) is 0 Å². The van der Waals surface area contributed by atoms with Crippen molar-refractivity contribution in [3.8, 4) is 51.2 Å². The Bertz CT molecular complexity index is 2290. The van der Waals surface area contributed by atoms with Gasteiger partial charge in [0.15, 0.2) is 17.5 Å². The van der Waals surface area contributed by atoms with Crippen molar-refractivity contribution in [2.24, 2.45) is 0 Å². The van der Waals surface area contributed by atoms with Gasteiger partial charge in [0.05, 0.1) is 28.1 Å². The molecule has 6 aromatic carbocycles. The number of hydrogen-bond donors (Lipinski definition) is 0. The van der Waals surface area contributed by atoms with Crippen molar-refractivity contribution in [1.82, 2.24) is 24.5 Å². The molecule has 3 heterocycles. The maximum absolute atomic E-state index is 5.16. The Balaban J connectivity index is 1.30. The Hall–Kier alpha value is -6.40. The summed E-state index contributed by atoms with van der Waals surface area (Å²) in [5.74, 6) is 2.79. The zero-order valence-corrected chi connectivity index (χ0v) is 24.7. The molecule has 0 radical (unpaired) electrons. The van der Waals surface area contributed by atoms with E-state index in [0.29, 0.717) is 17.5 Å². The molecule has 8 aromatic rings. The largest absolute Gasteiger partial charge is 0.306 e. The van der Waals surface area contributed by atoms with Gasteiger partial charge in [0.25, 0.3) is 0 Å². The van der Waals surface area contributed by atoms with Gasteiger partial charge in [0, 0.05) is 27.9 Å². The monoisotopic (exact) mass is 590 g/mol. The first-order chi connectivity index (χ1) is 22.8. The summed E-state index contributed by atoms with van der Waals surface area (Å²) in [6.45, 7) is 0. The van der Waals surface area contributed by atoms with Crippen LogP contribution in [-0.2, 0) is 0 Å². The van der Waals surface area contributed by atoms with E-state index in [1.54, 1.807) is 0 Å². The van der Waals surface area contributed by atoms with E-state index in [-0.39, 0.29) is 0 Å². The molecule has 6 nitrogen and oxygen atoms in total. The Kier molecular flexibility index (Phi) is 6.03. The molecule has 0 amide bonds. The van der Waals surface area contributed by atoms with Gasteiger partial charge in [-0.2, -0.15) is 0 Å². The number of para-hydroxylation sites is 2. The average Bonchev–Trinajstić information content (AvgIpc) is 3.54. The van der Waals surface area contributed by atoms with Crippen molar-refractivity contribution in [2.45, 2.75) is 0 Å². The van der Waals surface area contributed by atoms with Gasteiger partial charge in [-0.15, -0.1) is 0 Å². The molecule has 0 atom stereocenters. The fourth-order valence-corrected chi connectivity index (χ4v) is 6.26. The van der Waals surface area contributed by atoms with E-state index in [9.17, 15) is 0 Å². The summed E-state index contributed by atoms with van der Waals surface area (Å²) in [4.78, 5) is 22.4. The third kappa shape index (κ3) is 4.27. The molecular formula is C40H26N6. The number of benzene rings is 6. The molecule has 0 saturated heterocycles. The van der Waals surface area contributed by atoms with E-state index < -0.39 is 0 Å². The summed E-state index contributed by atoms with van der Waals surface area (Å²) < 4.78 is 2.29. The van der Waals surface area contributed by atoms with E-state index in [0.717, 1.165) is 61.9 Å². The highest BCUT2D eigenvalue weighted by Gasteiger charge is 2.30. The number of imidazole rings is 1. The topological polar surface area (TPSA) is 59.7 Å². The Labute approximate surface area is 266 Å². The van der Waals surface area contributed by atoms with Crippen molar-refractivity contribution in [3.05, 3.63) is 158 Å². The fourth-order valence-electron chi connectivity index (χ4n) is 6.26. The third-order valence-corrected chi connectivity index (χ3v) is 8.36. The van der Waals surface area contributed by atoms with Crippen LogP contribution in [-0.4, -0.2) is 24.5 Å². The van der Waals surface area contributed by atoms with Gasteiger partial charge >= 0.3 is 0 Å². The molecule has 2 aromatic heterocycles. The Morgan fingerprint density at radius 2 is 0.913 bits per heavy atom. The summed E-state index contributed by atoms with van der Waals surface area (Å²) in [6.07, 6.45) is 0. The highest BCUT2D eigenvalue weighted by Crippen LogP contribution is 2.49. The molecule has 216 valence electrons. The molecule has 0 saturated carbocycles. The predicted octanol–water partition coefficient (Wildman–Crippen LogP) is 9.66. The van der Waals surface area contributed by atoms with E-state index >= 15 is 0 Å². The second-order valence-electron chi connectivity index (χ2n) is 11.2. The molecule has 1 aliphatic heterocycles. The average molecular weight is 591 g/mol. The smallest absolute Gasteiger partial charge is 0.164 e. The Morgan fingerprint density at radius 1 is 0.370 bits per heavy atom. The summed E-state index contributed by atoms with van der Waals surface area (Å²) in [6, 6.07) is 53.8. The molecule has 0 spiro atoms. The van der Waals surface area contributed by atoms with Crippen LogP contribution in [0.25, 0.3) is 62.3 Å². The van der Waals surface area contributed by atoms with Crippen LogP contribution < -0.4 is 4.90 Å². The van der Waals surface area contributed by atoms with Crippen molar-refractivity contribution in [1.29, 1.82) is 0 Å². The number of fused-ring (bicyclic) bond motifs is 2. The van der Waals surface area contributed by atoms with Crippen LogP contribution in [0.1, 0.15) is 0 Å². The first-order valence-electron chi connectivity index (χ1n) is 15.3. The zero-order chi connectivity index (χ0) is 30.5. The number of nitrogens with zero attached hydrogens (tertiary/aromatic N) is 6. The second-order valence-corrected chi connectivity index (χ2v) is 11.2. The molecule has 0 bridgehead atoms. The number of anilines is 3. The molecule has 0 unspecified atom stereocenters. The highest BCUT2D eigenvalue weighted by molar-refractivity contribution is 6.03. The van der Waals surface area contributed by atoms with Gasteiger partial charge in [0.1, 0.15) is 5.82 Å². The highest BCUT2D eigenvalue weighted by atomic mass is 15.2. The minimum absolute atomic E-state index is 0.612. The van der Waals surface area contributed by atoms with Gasteiger partial charge in [-0.3, -0.25) is 4.57 Å². The summed E-state index contributed by atoms with van der Waals surface area (Å²) in [5.41, 5.74) is 10.0. The summed E-state index contributed by atoms with van der Waals surface area (Å²) in [7, 11) is 0.